The third-order valence-electron chi connectivity index (χ3n) is 1.84. The predicted octanol–water partition coefficient (Wildman–Crippen LogP) is 5.09. The molecule has 0 spiro atoms. The van der Waals surface area contributed by atoms with E-state index >= 15 is 0 Å². The van der Waals surface area contributed by atoms with Gasteiger partial charge in [0.2, 0.25) is 0 Å². The fourth-order valence-corrected chi connectivity index (χ4v) is 2.14. The zero-order chi connectivity index (χ0) is 10.0. The van der Waals surface area contributed by atoms with E-state index in [1.54, 1.807) is 6.07 Å². The molecule has 1 aromatic rings. The summed E-state index contributed by atoms with van der Waals surface area (Å²) in [5.74, 6) is 0.513. The molecule has 0 fully saturated rings. The summed E-state index contributed by atoms with van der Waals surface area (Å²) in [7, 11) is 0. The Bertz CT molecular complexity index is 297. The number of alkyl halides is 1. The van der Waals surface area contributed by atoms with Gasteiger partial charge in [-0.1, -0.05) is 59.0 Å². The van der Waals surface area contributed by atoms with Gasteiger partial charge >= 0.3 is 0 Å². The van der Waals surface area contributed by atoms with Crippen LogP contribution >= 0.6 is 39.1 Å². The van der Waals surface area contributed by atoms with Crippen molar-refractivity contribution in [3.05, 3.63) is 33.8 Å². The van der Waals surface area contributed by atoms with E-state index in [1.165, 1.54) is 0 Å². The Labute approximate surface area is 97.4 Å². The maximum atomic E-state index is 6.05. The Morgan fingerprint density at radius 3 is 2.31 bits per heavy atom. The van der Waals surface area contributed by atoms with Gasteiger partial charge in [0.25, 0.3) is 0 Å². The van der Waals surface area contributed by atoms with Crippen LogP contribution in [0.4, 0.5) is 0 Å². The number of hydrogen-bond acceptors (Lipinski definition) is 0. The molecule has 0 nitrogen and oxygen atoms in total. The first-order chi connectivity index (χ1) is 6.02. The molecule has 0 heterocycles. The molecule has 13 heavy (non-hydrogen) atoms. The van der Waals surface area contributed by atoms with Crippen molar-refractivity contribution in [1.29, 1.82) is 0 Å². The largest absolute Gasteiger partial charge is 0.0843 e. The highest BCUT2D eigenvalue weighted by atomic mass is 79.9. The lowest BCUT2D eigenvalue weighted by molar-refractivity contribution is 0.641. The quantitative estimate of drug-likeness (QED) is 0.663. The molecule has 0 aliphatic carbocycles. The lowest BCUT2D eigenvalue weighted by Crippen LogP contribution is -1.99. The van der Waals surface area contributed by atoms with E-state index in [2.05, 4.69) is 29.8 Å². The van der Waals surface area contributed by atoms with Crippen LogP contribution in [0.2, 0.25) is 10.0 Å². The van der Waals surface area contributed by atoms with Crippen molar-refractivity contribution in [1.82, 2.24) is 0 Å². The fourth-order valence-electron chi connectivity index (χ4n) is 1.08. The molecule has 1 aromatic carbocycles. The van der Waals surface area contributed by atoms with Crippen LogP contribution in [0.1, 0.15) is 24.2 Å². The van der Waals surface area contributed by atoms with E-state index in [0.29, 0.717) is 10.9 Å². The van der Waals surface area contributed by atoms with Crippen LogP contribution in [0, 0.1) is 5.92 Å². The highest BCUT2D eigenvalue weighted by molar-refractivity contribution is 9.09. The van der Waals surface area contributed by atoms with Crippen molar-refractivity contribution in [3.8, 4) is 0 Å². The van der Waals surface area contributed by atoms with Crippen LogP contribution in [0.3, 0.4) is 0 Å². The minimum absolute atomic E-state index is 0.289. The van der Waals surface area contributed by atoms with Crippen LogP contribution in [0.15, 0.2) is 18.2 Å². The van der Waals surface area contributed by atoms with Gasteiger partial charge < -0.3 is 0 Å². The summed E-state index contributed by atoms with van der Waals surface area (Å²) in [5, 5.41) is 1.40. The van der Waals surface area contributed by atoms with E-state index in [1.807, 2.05) is 12.1 Å². The predicted molar refractivity (Wildman–Crippen MR) is 63.0 cm³/mol. The average Bonchev–Trinajstić information content (AvgIpc) is 2.03. The Morgan fingerprint density at radius 1 is 1.23 bits per heavy atom. The summed E-state index contributed by atoms with van der Waals surface area (Å²) < 4.78 is 0. The lowest BCUT2D eigenvalue weighted by Gasteiger charge is -2.15. The minimum Gasteiger partial charge on any atom is -0.0843 e. The van der Waals surface area contributed by atoms with Gasteiger partial charge in [0, 0.05) is 14.9 Å². The second kappa shape index (κ2) is 4.68. The maximum absolute atomic E-state index is 6.05. The Kier molecular flexibility index (Phi) is 4.08. The average molecular weight is 282 g/mol. The molecule has 1 atom stereocenters. The molecule has 0 amide bonds. The second-order valence-electron chi connectivity index (χ2n) is 3.31. The fraction of sp³-hybridized carbons (Fsp3) is 0.400. The lowest BCUT2D eigenvalue weighted by atomic mass is 10.0. The number of benzene rings is 1. The smallest absolute Gasteiger partial charge is 0.0464 e. The Balaban J connectivity index is 3.01. The molecular weight excluding hydrogens is 271 g/mol. The first kappa shape index (κ1) is 11.4. The van der Waals surface area contributed by atoms with Crippen LogP contribution < -0.4 is 0 Å². The van der Waals surface area contributed by atoms with Gasteiger partial charge in [0.15, 0.2) is 0 Å². The van der Waals surface area contributed by atoms with Crippen LogP contribution in [-0.2, 0) is 0 Å². The minimum atomic E-state index is 0.289. The second-order valence-corrected chi connectivity index (χ2v) is 5.14. The summed E-state index contributed by atoms with van der Waals surface area (Å²) in [6, 6.07) is 5.60. The monoisotopic (exact) mass is 280 g/mol. The molecule has 72 valence electrons. The van der Waals surface area contributed by atoms with Crippen LogP contribution in [0.5, 0.6) is 0 Å². The molecule has 0 saturated heterocycles. The van der Waals surface area contributed by atoms with E-state index in [4.69, 9.17) is 23.2 Å². The maximum Gasteiger partial charge on any atom is 0.0464 e. The summed E-state index contributed by atoms with van der Waals surface area (Å²) in [6.07, 6.45) is 0. The molecule has 0 saturated carbocycles. The molecule has 0 bridgehead atoms. The Hall–Kier alpha value is 0.280. The number of hydrogen-bond donors (Lipinski definition) is 0. The van der Waals surface area contributed by atoms with E-state index in [9.17, 15) is 0 Å². The van der Waals surface area contributed by atoms with E-state index < -0.39 is 0 Å². The molecule has 0 radical (unpaired) electrons. The van der Waals surface area contributed by atoms with Crippen molar-refractivity contribution in [2.75, 3.05) is 0 Å². The van der Waals surface area contributed by atoms with Gasteiger partial charge in [-0.3, -0.25) is 0 Å². The highest BCUT2D eigenvalue weighted by Gasteiger charge is 2.14. The van der Waals surface area contributed by atoms with Crippen molar-refractivity contribution in [3.63, 3.8) is 0 Å². The van der Waals surface area contributed by atoms with Gasteiger partial charge in [-0.15, -0.1) is 0 Å². The van der Waals surface area contributed by atoms with Gasteiger partial charge in [0.05, 0.1) is 0 Å². The molecule has 1 rings (SSSR count). The van der Waals surface area contributed by atoms with Crippen LogP contribution in [0.25, 0.3) is 0 Å². The van der Waals surface area contributed by atoms with Gasteiger partial charge in [-0.25, -0.2) is 0 Å². The third-order valence-corrected chi connectivity index (χ3v) is 3.96. The van der Waals surface area contributed by atoms with E-state index in [0.717, 1.165) is 10.6 Å². The van der Waals surface area contributed by atoms with Crippen molar-refractivity contribution in [2.45, 2.75) is 18.7 Å². The zero-order valence-electron chi connectivity index (χ0n) is 7.52. The molecule has 1 unspecified atom stereocenters. The van der Waals surface area contributed by atoms with Gasteiger partial charge in [0.1, 0.15) is 0 Å². The third kappa shape index (κ3) is 2.87. The van der Waals surface area contributed by atoms with Crippen LogP contribution in [-0.4, -0.2) is 0 Å². The topological polar surface area (TPSA) is 0 Å². The SMILES string of the molecule is CC(C)C(Br)c1ccc(Cl)cc1Cl. The zero-order valence-corrected chi connectivity index (χ0v) is 10.6. The molecule has 0 N–H and O–H groups in total. The normalized spacial score (nSPS) is 13.4. The summed E-state index contributed by atoms with van der Waals surface area (Å²) in [6.45, 7) is 4.29. The Morgan fingerprint density at radius 2 is 1.85 bits per heavy atom. The van der Waals surface area contributed by atoms with E-state index in [-0.39, 0.29) is 4.83 Å². The molecule has 3 heteroatoms. The molecular formula is C10H11BrCl2. The standard InChI is InChI=1S/C10H11BrCl2/c1-6(2)10(11)8-4-3-7(12)5-9(8)13/h3-6,10H,1-2H3. The number of halogens is 3. The number of rotatable bonds is 2. The summed E-state index contributed by atoms with van der Waals surface area (Å²) >= 11 is 15.5. The van der Waals surface area contributed by atoms with Gasteiger partial charge in [-0.05, 0) is 23.6 Å². The molecule has 0 aromatic heterocycles. The van der Waals surface area contributed by atoms with Gasteiger partial charge in [-0.2, -0.15) is 0 Å². The summed E-state index contributed by atoms with van der Waals surface area (Å²) in [5.41, 5.74) is 1.10. The first-order valence-corrected chi connectivity index (χ1v) is 5.78. The highest BCUT2D eigenvalue weighted by Crippen LogP contribution is 2.36. The van der Waals surface area contributed by atoms with Crippen molar-refractivity contribution in [2.24, 2.45) is 5.92 Å². The molecule has 0 aliphatic rings. The summed E-state index contributed by atoms with van der Waals surface area (Å²) in [4.78, 5) is 0.289. The van der Waals surface area contributed by atoms with Crippen molar-refractivity contribution >= 4 is 39.1 Å². The first-order valence-electron chi connectivity index (χ1n) is 4.11. The van der Waals surface area contributed by atoms with Crippen molar-refractivity contribution < 1.29 is 0 Å². The molecule has 0 aliphatic heterocycles.